The minimum atomic E-state index is -0.0591. The van der Waals surface area contributed by atoms with Gasteiger partial charge in [-0.05, 0) is 28.4 Å². The van der Waals surface area contributed by atoms with Crippen LogP contribution in [0.2, 0.25) is 0 Å². The summed E-state index contributed by atoms with van der Waals surface area (Å²) in [5.41, 5.74) is 0.628. The molecule has 0 aliphatic heterocycles. The van der Waals surface area contributed by atoms with Crippen LogP contribution in [0.5, 0.6) is 0 Å². The molecule has 0 aliphatic rings. The zero-order chi connectivity index (χ0) is 9.68. The fraction of sp³-hybridized carbons (Fsp3) is 0.333. The van der Waals surface area contributed by atoms with Crippen LogP contribution in [0, 0.1) is 0 Å². The SMILES string of the molecule is CCCNC(=O)c1ccncc1Br. The Kier molecular flexibility index (Phi) is 3.89. The standard InChI is InChI=1S/C9H11BrN2O/c1-2-4-12-9(13)7-3-5-11-6-8(7)10/h3,5-6H,2,4H2,1H3,(H,12,13). The fourth-order valence-electron chi connectivity index (χ4n) is 0.893. The van der Waals surface area contributed by atoms with E-state index in [9.17, 15) is 4.79 Å². The van der Waals surface area contributed by atoms with Gasteiger partial charge in [0.05, 0.1) is 5.56 Å². The van der Waals surface area contributed by atoms with Gasteiger partial charge in [0, 0.05) is 23.4 Å². The number of hydrogen-bond donors (Lipinski definition) is 1. The summed E-state index contributed by atoms with van der Waals surface area (Å²) in [5, 5.41) is 2.79. The van der Waals surface area contributed by atoms with Gasteiger partial charge in [0.1, 0.15) is 0 Å². The predicted octanol–water partition coefficient (Wildman–Crippen LogP) is 1.98. The molecule has 1 aromatic heterocycles. The van der Waals surface area contributed by atoms with E-state index in [1.807, 2.05) is 6.92 Å². The summed E-state index contributed by atoms with van der Waals surface area (Å²) < 4.78 is 0.726. The highest BCUT2D eigenvalue weighted by atomic mass is 79.9. The minimum Gasteiger partial charge on any atom is -0.352 e. The highest BCUT2D eigenvalue weighted by Crippen LogP contribution is 2.13. The molecule has 1 aromatic rings. The molecule has 1 rings (SSSR count). The Morgan fingerprint density at radius 2 is 2.46 bits per heavy atom. The largest absolute Gasteiger partial charge is 0.352 e. The van der Waals surface area contributed by atoms with Gasteiger partial charge in [-0.25, -0.2) is 0 Å². The zero-order valence-electron chi connectivity index (χ0n) is 7.38. The second-order valence-corrected chi connectivity index (χ2v) is 3.47. The molecule has 0 spiro atoms. The van der Waals surface area contributed by atoms with Gasteiger partial charge in [0.2, 0.25) is 0 Å². The predicted molar refractivity (Wildman–Crippen MR) is 54.6 cm³/mol. The van der Waals surface area contributed by atoms with Crippen molar-refractivity contribution < 1.29 is 4.79 Å². The zero-order valence-corrected chi connectivity index (χ0v) is 8.97. The molecule has 4 heteroatoms. The molecule has 0 saturated carbocycles. The number of nitrogens with one attached hydrogen (secondary N) is 1. The smallest absolute Gasteiger partial charge is 0.252 e. The fourth-order valence-corrected chi connectivity index (χ4v) is 1.32. The normalized spacial score (nSPS) is 9.69. The summed E-state index contributed by atoms with van der Waals surface area (Å²) in [7, 11) is 0. The van der Waals surface area contributed by atoms with Crippen molar-refractivity contribution in [3.05, 3.63) is 28.5 Å². The van der Waals surface area contributed by atoms with E-state index in [4.69, 9.17) is 0 Å². The van der Waals surface area contributed by atoms with E-state index in [0.29, 0.717) is 12.1 Å². The summed E-state index contributed by atoms with van der Waals surface area (Å²) in [4.78, 5) is 15.3. The summed E-state index contributed by atoms with van der Waals surface area (Å²) in [6.45, 7) is 2.72. The van der Waals surface area contributed by atoms with Crippen LogP contribution in [0.3, 0.4) is 0 Å². The molecule has 0 fully saturated rings. The van der Waals surface area contributed by atoms with Crippen molar-refractivity contribution in [2.75, 3.05) is 6.54 Å². The Balaban J connectivity index is 2.71. The van der Waals surface area contributed by atoms with Gasteiger partial charge in [0.15, 0.2) is 0 Å². The maximum atomic E-state index is 11.5. The Labute approximate surface area is 85.7 Å². The molecule has 1 heterocycles. The highest BCUT2D eigenvalue weighted by Gasteiger charge is 2.07. The van der Waals surface area contributed by atoms with Crippen molar-refractivity contribution in [1.29, 1.82) is 0 Å². The molecular formula is C9H11BrN2O. The van der Waals surface area contributed by atoms with Gasteiger partial charge >= 0.3 is 0 Å². The van der Waals surface area contributed by atoms with E-state index >= 15 is 0 Å². The van der Waals surface area contributed by atoms with E-state index in [0.717, 1.165) is 10.9 Å². The number of aromatic nitrogens is 1. The molecule has 0 atom stereocenters. The first-order valence-electron chi connectivity index (χ1n) is 4.13. The van der Waals surface area contributed by atoms with Crippen LogP contribution in [0.4, 0.5) is 0 Å². The first kappa shape index (κ1) is 10.2. The molecule has 13 heavy (non-hydrogen) atoms. The summed E-state index contributed by atoms with van der Waals surface area (Å²) in [5.74, 6) is -0.0591. The third-order valence-electron chi connectivity index (χ3n) is 1.55. The third-order valence-corrected chi connectivity index (χ3v) is 2.18. The van der Waals surface area contributed by atoms with Gasteiger partial charge in [-0.2, -0.15) is 0 Å². The van der Waals surface area contributed by atoms with Gasteiger partial charge in [-0.15, -0.1) is 0 Å². The Morgan fingerprint density at radius 3 is 3.08 bits per heavy atom. The Hall–Kier alpha value is -0.900. The number of rotatable bonds is 3. The monoisotopic (exact) mass is 242 g/mol. The van der Waals surface area contributed by atoms with Crippen molar-refractivity contribution in [3.8, 4) is 0 Å². The van der Waals surface area contributed by atoms with Gasteiger partial charge in [-0.1, -0.05) is 6.92 Å². The van der Waals surface area contributed by atoms with E-state index < -0.39 is 0 Å². The second kappa shape index (κ2) is 4.97. The summed E-state index contributed by atoms with van der Waals surface area (Å²) in [6.07, 6.45) is 4.15. The Bertz CT molecular complexity index is 301. The van der Waals surface area contributed by atoms with Crippen molar-refractivity contribution in [2.24, 2.45) is 0 Å². The number of nitrogens with zero attached hydrogens (tertiary/aromatic N) is 1. The quantitative estimate of drug-likeness (QED) is 0.881. The van der Waals surface area contributed by atoms with Crippen LogP contribution in [0.15, 0.2) is 22.9 Å². The topological polar surface area (TPSA) is 42.0 Å². The number of hydrogen-bond acceptors (Lipinski definition) is 2. The van der Waals surface area contributed by atoms with Gasteiger partial charge in [-0.3, -0.25) is 9.78 Å². The van der Waals surface area contributed by atoms with Crippen LogP contribution in [0.25, 0.3) is 0 Å². The maximum absolute atomic E-state index is 11.5. The molecule has 0 unspecified atom stereocenters. The molecule has 0 radical (unpaired) electrons. The first-order valence-corrected chi connectivity index (χ1v) is 4.92. The number of carbonyl (C=O) groups excluding carboxylic acids is 1. The molecule has 1 N–H and O–H groups in total. The molecule has 0 bridgehead atoms. The Morgan fingerprint density at radius 1 is 1.69 bits per heavy atom. The molecule has 70 valence electrons. The van der Waals surface area contributed by atoms with Crippen molar-refractivity contribution >= 4 is 21.8 Å². The molecular weight excluding hydrogens is 232 g/mol. The summed E-state index contributed by atoms with van der Waals surface area (Å²) >= 11 is 3.27. The van der Waals surface area contributed by atoms with E-state index in [1.165, 1.54) is 0 Å². The molecule has 0 aliphatic carbocycles. The maximum Gasteiger partial charge on any atom is 0.252 e. The number of carbonyl (C=O) groups is 1. The number of pyridine rings is 1. The van der Waals surface area contributed by atoms with Crippen molar-refractivity contribution in [1.82, 2.24) is 10.3 Å². The average molecular weight is 243 g/mol. The van der Waals surface area contributed by atoms with Crippen LogP contribution in [-0.2, 0) is 0 Å². The van der Waals surface area contributed by atoms with Crippen LogP contribution in [0.1, 0.15) is 23.7 Å². The lowest BCUT2D eigenvalue weighted by Gasteiger charge is -2.04. The van der Waals surface area contributed by atoms with E-state index in [1.54, 1.807) is 18.5 Å². The molecule has 3 nitrogen and oxygen atoms in total. The molecule has 0 saturated heterocycles. The van der Waals surface area contributed by atoms with Crippen LogP contribution >= 0.6 is 15.9 Å². The van der Waals surface area contributed by atoms with Crippen LogP contribution < -0.4 is 5.32 Å². The molecule has 0 aromatic carbocycles. The number of amides is 1. The summed E-state index contributed by atoms with van der Waals surface area (Å²) in [6, 6.07) is 1.69. The van der Waals surface area contributed by atoms with Crippen LogP contribution in [-0.4, -0.2) is 17.4 Å². The highest BCUT2D eigenvalue weighted by molar-refractivity contribution is 9.10. The van der Waals surface area contributed by atoms with E-state index in [2.05, 4.69) is 26.2 Å². The van der Waals surface area contributed by atoms with Gasteiger partial charge in [0.25, 0.3) is 5.91 Å². The van der Waals surface area contributed by atoms with Gasteiger partial charge < -0.3 is 5.32 Å². The van der Waals surface area contributed by atoms with Crippen molar-refractivity contribution in [2.45, 2.75) is 13.3 Å². The van der Waals surface area contributed by atoms with Crippen molar-refractivity contribution in [3.63, 3.8) is 0 Å². The second-order valence-electron chi connectivity index (χ2n) is 2.61. The number of halogens is 1. The first-order chi connectivity index (χ1) is 6.25. The molecule has 1 amide bonds. The average Bonchev–Trinajstić information content (AvgIpc) is 2.15. The third kappa shape index (κ3) is 2.81. The lowest BCUT2D eigenvalue weighted by atomic mass is 10.2. The minimum absolute atomic E-state index is 0.0591. The lowest BCUT2D eigenvalue weighted by molar-refractivity contribution is 0.0953. The van der Waals surface area contributed by atoms with E-state index in [-0.39, 0.29) is 5.91 Å². The lowest BCUT2D eigenvalue weighted by Crippen LogP contribution is -2.24.